The zero-order chi connectivity index (χ0) is 24.7. The van der Waals surface area contributed by atoms with Gasteiger partial charge in [0.2, 0.25) is 0 Å². The molecule has 9 heteroatoms. The van der Waals surface area contributed by atoms with Gasteiger partial charge >= 0.3 is 6.18 Å². The van der Waals surface area contributed by atoms with Gasteiger partial charge in [-0.25, -0.2) is 4.98 Å². The summed E-state index contributed by atoms with van der Waals surface area (Å²) in [6.07, 6.45) is -1.79. The van der Waals surface area contributed by atoms with Crippen molar-refractivity contribution in [1.29, 1.82) is 0 Å². The Bertz CT molecular complexity index is 1410. The van der Waals surface area contributed by atoms with E-state index in [4.69, 9.17) is 16.0 Å². The van der Waals surface area contributed by atoms with E-state index in [1.165, 1.54) is 12.1 Å². The lowest BCUT2D eigenvalue weighted by Crippen LogP contribution is -2.40. The highest BCUT2D eigenvalue weighted by atomic mass is 35.5. The van der Waals surface area contributed by atoms with Crippen LogP contribution in [0, 0.1) is 6.92 Å². The maximum absolute atomic E-state index is 13.4. The standard InChI is InChI=1S/C26H23ClF3N3O2/c1-14-18-4-2-3-5-22(18)35-24(14)25(34)32-17-9-7-16(8-10-17)31-21-13-23(26(28,29)30)33-20-11-6-15(27)12-19(20)21/h2-6,11-13,16-17H,7-10H2,1H3,(H,31,33)(H,32,34)/t16-,17+. The topological polar surface area (TPSA) is 67.2 Å². The molecule has 0 radical (unpaired) electrons. The van der Waals surface area contributed by atoms with E-state index < -0.39 is 11.9 Å². The first-order valence-electron chi connectivity index (χ1n) is 11.4. The lowest BCUT2D eigenvalue weighted by Gasteiger charge is -2.30. The van der Waals surface area contributed by atoms with Crippen LogP contribution in [0.5, 0.6) is 0 Å². The predicted octanol–water partition coefficient (Wildman–Crippen LogP) is 7.11. The zero-order valence-electron chi connectivity index (χ0n) is 18.9. The first-order chi connectivity index (χ1) is 16.7. The monoisotopic (exact) mass is 501 g/mol. The van der Waals surface area contributed by atoms with Crippen LogP contribution in [0.2, 0.25) is 5.02 Å². The summed E-state index contributed by atoms with van der Waals surface area (Å²) in [5.41, 5.74) is 1.11. The molecule has 2 heterocycles. The van der Waals surface area contributed by atoms with Crippen LogP contribution in [0.25, 0.3) is 21.9 Å². The van der Waals surface area contributed by atoms with Gasteiger partial charge < -0.3 is 15.1 Å². The molecule has 2 N–H and O–H groups in total. The number of fused-ring (bicyclic) bond motifs is 2. The van der Waals surface area contributed by atoms with Crippen LogP contribution in [0.3, 0.4) is 0 Å². The lowest BCUT2D eigenvalue weighted by atomic mass is 9.90. The highest BCUT2D eigenvalue weighted by Gasteiger charge is 2.34. The van der Waals surface area contributed by atoms with Crippen molar-refractivity contribution >= 4 is 45.1 Å². The summed E-state index contributed by atoms with van der Waals surface area (Å²) in [4.78, 5) is 16.6. The Morgan fingerprint density at radius 1 is 1.03 bits per heavy atom. The smallest absolute Gasteiger partial charge is 0.433 e. The number of carbonyl (C=O) groups excluding carboxylic acids is 1. The fourth-order valence-corrected chi connectivity index (χ4v) is 4.88. The number of aryl methyl sites for hydroxylation is 1. The quantitative estimate of drug-likeness (QED) is 0.312. The number of alkyl halides is 3. The number of furan rings is 1. The molecule has 1 aliphatic rings. The molecule has 2 aromatic carbocycles. The van der Waals surface area contributed by atoms with E-state index in [0.29, 0.717) is 53.1 Å². The fraction of sp³-hybridized carbons (Fsp3) is 0.308. The SMILES string of the molecule is Cc1c(C(=O)N[C@H]2CC[C@@H](Nc3cc(C(F)(F)F)nc4ccc(Cl)cc34)CC2)oc2ccccc12. The third-order valence-corrected chi connectivity index (χ3v) is 6.77. The highest BCUT2D eigenvalue weighted by Crippen LogP contribution is 2.35. The molecule has 1 saturated carbocycles. The van der Waals surface area contributed by atoms with Gasteiger partial charge in [-0.1, -0.05) is 29.8 Å². The molecule has 35 heavy (non-hydrogen) atoms. The van der Waals surface area contributed by atoms with Crippen molar-refractivity contribution in [3.63, 3.8) is 0 Å². The van der Waals surface area contributed by atoms with Gasteiger partial charge in [0.05, 0.1) is 5.52 Å². The van der Waals surface area contributed by atoms with Gasteiger partial charge in [-0.2, -0.15) is 13.2 Å². The van der Waals surface area contributed by atoms with Crippen LogP contribution < -0.4 is 10.6 Å². The van der Waals surface area contributed by atoms with Crippen LogP contribution in [-0.2, 0) is 6.18 Å². The van der Waals surface area contributed by atoms with Gasteiger partial charge in [0.15, 0.2) is 5.76 Å². The second-order valence-corrected chi connectivity index (χ2v) is 9.37. The molecule has 0 bridgehead atoms. The molecule has 0 unspecified atom stereocenters. The Kier molecular flexibility index (Phi) is 6.09. The summed E-state index contributed by atoms with van der Waals surface area (Å²) in [6.45, 7) is 1.86. The van der Waals surface area contributed by atoms with Gasteiger partial charge in [-0.3, -0.25) is 4.79 Å². The minimum atomic E-state index is -4.55. The maximum atomic E-state index is 13.4. The number of rotatable bonds is 4. The lowest BCUT2D eigenvalue weighted by molar-refractivity contribution is -0.140. The van der Waals surface area contributed by atoms with Gasteiger partial charge in [0, 0.05) is 39.1 Å². The number of benzene rings is 2. The summed E-state index contributed by atoms with van der Waals surface area (Å²) >= 11 is 6.09. The largest absolute Gasteiger partial charge is 0.451 e. The van der Waals surface area contributed by atoms with E-state index in [9.17, 15) is 18.0 Å². The van der Waals surface area contributed by atoms with Gasteiger partial charge in [-0.05, 0) is 62.9 Å². The van der Waals surface area contributed by atoms with E-state index in [2.05, 4.69) is 15.6 Å². The molecule has 1 aliphatic carbocycles. The minimum absolute atomic E-state index is 0.0393. The number of hydrogen-bond acceptors (Lipinski definition) is 4. The number of para-hydroxylation sites is 1. The van der Waals surface area contributed by atoms with Crippen LogP contribution >= 0.6 is 11.6 Å². The van der Waals surface area contributed by atoms with Crippen molar-refractivity contribution in [3.8, 4) is 0 Å². The van der Waals surface area contributed by atoms with Crippen molar-refractivity contribution in [2.75, 3.05) is 5.32 Å². The van der Waals surface area contributed by atoms with Crippen LogP contribution in [-0.4, -0.2) is 23.0 Å². The van der Waals surface area contributed by atoms with E-state index in [1.54, 1.807) is 6.07 Å². The number of pyridine rings is 1. The Balaban J connectivity index is 1.27. The Labute approximate surface area is 204 Å². The number of nitrogens with one attached hydrogen (secondary N) is 2. The number of carbonyl (C=O) groups is 1. The van der Waals surface area contributed by atoms with Gasteiger partial charge in [0.25, 0.3) is 5.91 Å². The molecular weight excluding hydrogens is 479 g/mol. The fourth-order valence-electron chi connectivity index (χ4n) is 4.71. The van der Waals surface area contributed by atoms with Crippen molar-refractivity contribution in [1.82, 2.24) is 10.3 Å². The average Bonchev–Trinajstić information content (AvgIpc) is 3.16. The highest BCUT2D eigenvalue weighted by molar-refractivity contribution is 6.31. The normalized spacial score (nSPS) is 18.7. The Morgan fingerprint density at radius 2 is 1.74 bits per heavy atom. The molecule has 0 saturated heterocycles. The summed E-state index contributed by atoms with van der Waals surface area (Å²) in [6, 6.07) is 13.1. The number of aromatic nitrogens is 1. The molecule has 2 aromatic heterocycles. The number of amides is 1. The van der Waals surface area contributed by atoms with E-state index in [1.807, 2.05) is 31.2 Å². The molecule has 4 aromatic rings. The molecule has 182 valence electrons. The predicted molar refractivity (Wildman–Crippen MR) is 130 cm³/mol. The molecule has 0 atom stereocenters. The number of halogens is 4. The first kappa shape index (κ1) is 23.5. The minimum Gasteiger partial charge on any atom is -0.451 e. The van der Waals surface area contributed by atoms with Gasteiger partial charge in [0.1, 0.15) is 11.3 Å². The second kappa shape index (κ2) is 9.07. The van der Waals surface area contributed by atoms with E-state index >= 15 is 0 Å². The summed E-state index contributed by atoms with van der Waals surface area (Å²) < 4.78 is 46.0. The maximum Gasteiger partial charge on any atom is 0.433 e. The second-order valence-electron chi connectivity index (χ2n) is 8.93. The van der Waals surface area contributed by atoms with E-state index in [0.717, 1.165) is 17.0 Å². The van der Waals surface area contributed by atoms with Crippen molar-refractivity contribution < 1.29 is 22.4 Å². The number of hydrogen-bond donors (Lipinski definition) is 2. The van der Waals surface area contributed by atoms with Crippen molar-refractivity contribution in [3.05, 3.63) is 70.6 Å². The molecule has 0 spiro atoms. The Hall–Kier alpha value is -3.26. The van der Waals surface area contributed by atoms with Crippen LogP contribution in [0.15, 0.2) is 52.9 Å². The summed E-state index contributed by atoms with van der Waals surface area (Å²) in [5.74, 6) is 0.0611. The van der Waals surface area contributed by atoms with Gasteiger partial charge in [-0.15, -0.1) is 0 Å². The van der Waals surface area contributed by atoms with E-state index in [-0.39, 0.29) is 23.5 Å². The Morgan fingerprint density at radius 3 is 2.46 bits per heavy atom. The third-order valence-electron chi connectivity index (χ3n) is 6.53. The molecule has 5 rings (SSSR count). The zero-order valence-corrected chi connectivity index (χ0v) is 19.6. The van der Waals surface area contributed by atoms with Crippen LogP contribution in [0.1, 0.15) is 47.5 Å². The van der Waals surface area contributed by atoms with Crippen molar-refractivity contribution in [2.24, 2.45) is 0 Å². The summed E-state index contributed by atoms with van der Waals surface area (Å²) in [5, 5.41) is 8.20. The molecule has 1 amide bonds. The molecule has 1 fully saturated rings. The third kappa shape index (κ3) is 4.80. The van der Waals surface area contributed by atoms with Crippen LogP contribution in [0.4, 0.5) is 18.9 Å². The number of nitrogens with zero attached hydrogens (tertiary/aromatic N) is 1. The average molecular weight is 502 g/mol. The molecule has 5 nitrogen and oxygen atoms in total. The molecule has 0 aliphatic heterocycles. The molecular formula is C26H23ClF3N3O2. The van der Waals surface area contributed by atoms with Crippen molar-refractivity contribution in [2.45, 2.75) is 50.9 Å². The number of anilines is 1. The first-order valence-corrected chi connectivity index (χ1v) is 11.8. The summed E-state index contributed by atoms with van der Waals surface area (Å²) in [7, 11) is 0.